The third-order valence-corrected chi connectivity index (χ3v) is 4.61. The Hall–Kier alpha value is -1.30. The Morgan fingerprint density at radius 3 is 2.40 bits per heavy atom. The second kappa shape index (κ2) is 6.92. The molecule has 0 spiro atoms. The summed E-state index contributed by atoms with van der Waals surface area (Å²) >= 11 is 0. The Balaban J connectivity index is 1.82. The van der Waals surface area contributed by atoms with Crippen molar-refractivity contribution in [2.75, 3.05) is 19.7 Å². The van der Waals surface area contributed by atoms with Crippen LogP contribution in [0.3, 0.4) is 0 Å². The van der Waals surface area contributed by atoms with Gasteiger partial charge in [0.2, 0.25) is 0 Å². The van der Waals surface area contributed by atoms with Crippen LogP contribution in [0.25, 0.3) is 0 Å². The van der Waals surface area contributed by atoms with Crippen LogP contribution in [0, 0.1) is 11.8 Å². The number of carbonyl (C=O) groups is 2. The molecule has 0 heterocycles. The predicted molar refractivity (Wildman–Crippen MR) is 73.3 cm³/mol. The van der Waals surface area contributed by atoms with E-state index >= 15 is 0 Å². The molecule has 3 N–H and O–H groups in total. The van der Waals surface area contributed by atoms with Crippen LogP contribution in [0.15, 0.2) is 0 Å². The van der Waals surface area contributed by atoms with Crippen LogP contribution in [0.5, 0.6) is 0 Å². The number of nitrogens with one attached hydrogen (secondary N) is 1. The van der Waals surface area contributed by atoms with Gasteiger partial charge in [0.05, 0.1) is 12.5 Å². The summed E-state index contributed by atoms with van der Waals surface area (Å²) in [6.45, 7) is 0.735. The third kappa shape index (κ3) is 3.42. The molecule has 2 saturated carbocycles. The fourth-order valence-electron chi connectivity index (χ4n) is 3.18. The number of carbonyl (C=O) groups excluding carboxylic acids is 1. The summed E-state index contributed by atoms with van der Waals surface area (Å²) in [5.41, 5.74) is 0. The Labute approximate surface area is 119 Å². The molecule has 0 aliphatic heterocycles. The number of amides is 2. The summed E-state index contributed by atoms with van der Waals surface area (Å²) in [5, 5.41) is 21.0. The van der Waals surface area contributed by atoms with Gasteiger partial charge in [-0.1, -0.05) is 6.42 Å². The first-order valence-electron chi connectivity index (χ1n) is 7.51. The molecule has 6 nitrogen and oxygen atoms in total. The molecule has 0 aromatic rings. The summed E-state index contributed by atoms with van der Waals surface area (Å²) in [6.07, 6.45) is 5.60. The highest BCUT2D eigenvalue weighted by Crippen LogP contribution is 2.31. The van der Waals surface area contributed by atoms with E-state index in [0.29, 0.717) is 19.5 Å². The first-order chi connectivity index (χ1) is 9.63. The number of aliphatic hydroxyl groups excluding tert-OH is 1. The van der Waals surface area contributed by atoms with Gasteiger partial charge < -0.3 is 20.4 Å². The number of aliphatic carboxylic acids is 1. The minimum Gasteiger partial charge on any atom is -0.481 e. The fourth-order valence-corrected chi connectivity index (χ4v) is 3.18. The van der Waals surface area contributed by atoms with Crippen molar-refractivity contribution in [1.29, 1.82) is 0 Å². The average Bonchev–Trinajstić information content (AvgIpc) is 2.81. The summed E-state index contributed by atoms with van der Waals surface area (Å²) in [6, 6.07) is 0.0702. The van der Waals surface area contributed by atoms with Gasteiger partial charge in [-0.15, -0.1) is 0 Å². The average molecular weight is 284 g/mol. The molecule has 2 rings (SSSR count). The lowest BCUT2D eigenvalue weighted by Gasteiger charge is -2.37. The van der Waals surface area contributed by atoms with Crippen LogP contribution in [0.4, 0.5) is 4.79 Å². The van der Waals surface area contributed by atoms with Crippen LogP contribution in [0.2, 0.25) is 0 Å². The zero-order chi connectivity index (χ0) is 14.5. The number of nitrogens with zero attached hydrogens (tertiary/aromatic N) is 1. The van der Waals surface area contributed by atoms with Gasteiger partial charge in [0, 0.05) is 19.1 Å². The first kappa shape index (κ1) is 15.1. The standard InChI is InChI=1S/C14H24N2O4/c17-8-7-16(11-4-2-5-11)14(20)15-9-10-3-1-6-12(10)13(18)19/h10-12,17H,1-9H2,(H,15,20)(H,18,19). The van der Waals surface area contributed by atoms with Gasteiger partial charge >= 0.3 is 12.0 Å². The number of hydrogen-bond acceptors (Lipinski definition) is 3. The summed E-state index contributed by atoms with van der Waals surface area (Å²) in [4.78, 5) is 24.9. The van der Waals surface area contributed by atoms with Crippen LogP contribution >= 0.6 is 0 Å². The topological polar surface area (TPSA) is 89.9 Å². The van der Waals surface area contributed by atoms with Crippen molar-refractivity contribution in [3.05, 3.63) is 0 Å². The fraction of sp³-hybridized carbons (Fsp3) is 0.857. The number of carboxylic acid groups (broad SMARTS) is 1. The molecule has 0 bridgehead atoms. The van der Waals surface area contributed by atoms with E-state index in [1.165, 1.54) is 0 Å². The summed E-state index contributed by atoms with van der Waals surface area (Å²) in [7, 11) is 0. The number of urea groups is 1. The Bertz CT molecular complexity index is 357. The van der Waals surface area contributed by atoms with Crippen molar-refractivity contribution in [3.63, 3.8) is 0 Å². The second-order valence-corrected chi connectivity index (χ2v) is 5.82. The van der Waals surface area contributed by atoms with Crippen LogP contribution in [-0.2, 0) is 4.79 Å². The normalized spacial score (nSPS) is 26.1. The smallest absolute Gasteiger partial charge is 0.317 e. The number of aliphatic hydroxyl groups is 1. The molecule has 0 aromatic carbocycles. The Kier molecular flexibility index (Phi) is 5.23. The van der Waals surface area contributed by atoms with E-state index in [9.17, 15) is 9.59 Å². The van der Waals surface area contributed by atoms with E-state index in [2.05, 4.69) is 5.32 Å². The van der Waals surface area contributed by atoms with Crippen molar-refractivity contribution in [3.8, 4) is 0 Å². The SMILES string of the molecule is O=C(O)C1CCCC1CNC(=O)N(CCO)C1CCC1. The summed E-state index contributed by atoms with van der Waals surface area (Å²) < 4.78 is 0. The van der Waals surface area contributed by atoms with Crippen molar-refractivity contribution in [2.45, 2.75) is 44.6 Å². The van der Waals surface area contributed by atoms with E-state index in [1.807, 2.05) is 0 Å². The maximum absolute atomic E-state index is 12.2. The van der Waals surface area contributed by atoms with Gasteiger partial charge in [0.15, 0.2) is 0 Å². The molecule has 2 aliphatic rings. The van der Waals surface area contributed by atoms with E-state index in [0.717, 1.165) is 32.1 Å². The van der Waals surface area contributed by atoms with E-state index in [-0.39, 0.29) is 30.5 Å². The van der Waals surface area contributed by atoms with Crippen molar-refractivity contribution < 1.29 is 19.8 Å². The van der Waals surface area contributed by atoms with Gasteiger partial charge in [-0.25, -0.2) is 4.79 Å². The van der Waals surface area contributed by atoms with Crippen LogP contribution in [-0.4, -0.2) is 52.9 Å². The van der Waals surface area contributed by atoms with Gasteiger partial charge in [-0.2, -0.15) is 0 Å². The van der Waals surface area contributed by atoms with Crippen molar-refractivity contribution in [1.82, 2.24) is 10.2 Å². The lowest BCUT2D eigenvalue weighted by atomic mass is 9.91. The number of hydrogen-bond donors (Lipinski definition) is 3. The zero-order valence-electron chi connectivity index (χ0n) is 11.8. The predicted octanol–water partition coefficient (Wildman–Crippen LogP) is 1.04. The highest BCUT2D eigenvalue weighted by Gasteiger charge is 2.34. The van der Waals surface area contributed by atoms with Crippen LogP contribution < -0.4 is 5.32 Å². The Morgan fingerprint density at radius 2 is 1.85 bits per heavy atom. The van der Waals surface area contributed by atoms with Gasteiger partial charge in [-0.05, 0) is 38.0 Å². The van der Waals surface area contributed by atoms with E-state index in [4.69, 9.17) is 10.2 Å². The second-order valence-electron chi connectivity index (χ2n) is 5.82. The lowest BCUT2D eigenvalue weighted by Crippen LogP contribution is -2.51. The molecule has 0 radical (unpaired) electrons. The molecule has 0 aromatic heterocycles. The molecule has 2 unspecified atom stereocenters. The molecule has 20 heavy (non-hydrogen) atoms. The van der Waals surface area contributed by atoms with Gasteiger partial charge in [-0.3, -0.25) is 4.79 Å². The molecular weight excluding hydrogens is 260 g/mol. The lowest BCUT2D eigenvalue weighted by molar-refractivity contribution is -0.142. The highest BCUT2D eigenvalue weighted by molar-refractivity contribution is 5.75. The molecule has 2 atom stereocenters. The van der Waals surface area contributed by atoms with Gasteiger partial charge in [0.25, 0.3) is 0 Å². The Morgan fingerprint density at radius 1 is 1.15 bits per heavy atom. The number of carboxylic acids is 1. The van der Waals surface area contributed by atoms with Crippen molar-refractivity contribution in [2.24, 2.45) is 11.8 Å². The molecule has 2 fully saturated rings. The maximum atomic E-state index is 12.2. The van der Waals surface area contributed by atoms with Crippen LogP contribution in [0.1, 0.15) is 38.5 Å². The quantitative estimate of drug-likeness (QED) is 0.680. The third-order valence-electron chi connectivity index (χ3n) is 4.61. The van der Waals surface area contributed by atoms with E-state index in [1.54, 1.807) is 4.90 Å². The highest BCUT2D eigenvalue weighted by atomic mass is 16.4. The molecule has 0 saturated heterocycles. The first-order valence-corrected chi connectivity index (χ1v) is 7.51. The summed E-state index contributed by atoms with van der Waals surface area (Å²) in [5.74, 6) is -1.05. The molecule has 2 aliphatic carbocycles. The molecule has 114 valence electrons. The monoisotopic (exact) mass is 284 g/mol. The maximum Gasteiger partial charge on any atom is 0.317 e. The molecular formula is C14H24N2O4. The zero-order valence-corrected chi connectivity index (χ0v) is 11.8. The largest absolute Gasteiger partial charge is 0.481 e. The minimum absolute atomic E-state index is 0.0359. The van der Waals surface area contributed by atoms with Crippen molar-refractivity contribution >= 4 is 12.0 Å². The number of rotatable bonds is 6. The minimum atomic E-state index is -0.757. The van der Waals surface area contributed by atoms with E-state index < -0.39 is 5.97 Å². The molecule has 6 heteroatoms. The van der Waals surface area contributed by atoms with Gasteiger partial charge in [0.1, 0.15) is 0 Å². The molecule has 2 amide bonds.